The van der Waals surface area contributed by atoms with E-state index in [2.05, 4.69) is 5.32 Å². The number of imide groups is 1. The van der Waals surface area contributed by atoms with Crippen LogP contribution < -0.4 is 19.5 Å². The summed E-state index contributed by atoms with van der Waals surface area (Å²) < 4.78 is 20.9. The number of amides is 2. The molecule has 0 bridgehead atoms. The van der Waals surface area contributed by atoms with Gasteiger partial charge in [-0.1, -0.05) is 12.1 Å². The zero-order chi connectivity index (χ0) is 21.7. The number of benzene rings is 2. The highest BCUT2D eigenvalue weighted by Gasteiger charge is 2.39. The van der Waals surface area contributed by atoms with E-state index in [0.29, 0.717) is 28.5 Å². The maximum Gasteiger partial charge on any atom is 0.278 e. The van der Waals surface area contributed by atoms with Crippen molar-refractivity contribution in [3.63, 3.8) is 0 Å². The van der Waals surface area contributed by atoms with E-state index in [0.717, 1.165) is 4.90 Å². The Morgan fingerprint density at radius 3 is 2.30 bits per heavy atom. The second-order valence-corrected chi connectivity index (χ2v) is 6.43. The van der Waals surface area contributed by atoms with Crippen LogP contribution in [-0.4, -0.2) is 58.3 Å². The van der Waals surface area contributed by atoms with Crippen molar-refractivity contribution in [2.45, 2.75) is 0 Å². The minimum atomic E-state index is -0.426. The maximum absolute atomic E-state index is 13.2. The Morgan fingerprint density at radius 2 is 1.63 bits per heavy atom. The number of nitrogens with zero attached hydrogens (tertiary/aromatic N) is 1. The van der Waals surface area contributed by atoms with Crippen LogP contribution in [0.3, 0.4) is 0 Å². The third-order valence-corrected chi connectivity index (χ3v) is 4.70. The normalized spacial score (nSPS) is 13.7. The number of ether oxygens (including phenoxy) is 4. The highest BCUT2D eigenvalue weighted by molar-refractivity contribution is 6.36. The summed E-state index contributed by atoms with van der Waals surface area (Å²) >= 11 is 0. The lowest BCUT2D eigenvalue weighted by Gasteiger charge is -2.14. The number of hydrogen-bond donors (Lipinski definition) is 1. The van der Waals surface area contributed by atoms with Crippen LogP contribution in [-0.2, 0) is 14.3 Å². The van der Waals surface area contributed by atoms with E-state index in [9.17, 15) is 9.59 Å². The zero-order valence-electron chi connectivity index (χ0n) is 17.4. The third-order valence-electron chi connectivity index (χ3n) is 4.70. The van der Waals surface area contributed by atoms with Gasteiger partial charge in [0.2, 0.25) is 0 Å². The van der Waals surface area contributed by atoms with Crippen molar-refractivity contribution in [1.82, 2.24) is 4.90 Å². The molecule has 2 aromatic rings. The number of anilines is 1. The van der Waals surface area contributed by atoms with Crippen molar-refractivity contribution in [2.75, 3.05) is 46.9 Å². The third kappa shape index (κ3) is 4.08. The molecule has 0 spiro atoms. The highest BCUT2D eigenvalue weighted by atomic mass is 16.5. The van der Waals surface area contributed by atoms with Crippen LogP contribution in [0.2, 0.25) is 0 Å². The van der Waals surface area contributed by atoms with Gasteiger partial charge >= 0.3 is 0 Å². The molecule has 2 aromatic carbocycles. The van der Waals surface area contributed by atoms with Gasteiger partial charge in [-0.3, -0.25) is 14.5 Å². The van der Waals surface area contributed by atoms with Gasteiger partial charge in [-0.15, -0.1) is 0 Å². The minimum absolute atomic E-state index is 0.147. The zero-order valence-corrected chi connectivity index (χ0v) is 17.4. The van der Waals surface area contributed by atoms with E-state index >= 15 is 0 Å². The molecular formula is C22H24N2O6. The topological polar surface area (TPSA) is 86.3 Å². The molecule has 158 valence electrons. The van der Waals surface area contributed by atoms with Gasteiger partial charge in [-0.05, 0) is 29.8 Å². The molecule has 0 unspecified atom stereocenters. The van der Waals surface area contributed by atoms with Gasteiger partial charge in [-0.2, -0.15) is 0 Å². The monoisotopic (exact) mass is 412 g/mol. The minimum Gasteiger partial charge on any atom is -0.497 e. The van der Waals surface area contributed by atoms with E-state index in [-0.39, 0.29) is 24.4 Å². The average Bonchev–Trinajstić information content (AvgIpc) is 3.00. The van der Waals surface area contributed by atoms with Gasteiger partial charge in [0, 0.05) is 18.9 Å². The SMILES string of the molecule is COCCN1C(=O)C(Nc2cccc(OC)c2)=C(c2ccc(OC)c(OC)c2)C1=O. The van der Waals surface area contributed by atoms with Crippen LogP contribution in [0.1, 0.15) is 5.56 Å². The molecule has 0 fully saturated rings. The van der Waals surface area contributed by atoms with Crippen molar-refractivity contribution in [2.24, 2.45) is 0 Å². The van der Waals surface area contributed by atoms with Crippen LogP contribution in [0, 0.1) is 0 Å². The van der Waals surface area contributed by atoms with Crippen molar-refractivity contribution in [3.05, 3.63) is 53.7 Å². The Balaban J connectivity index is 2.08. The van der Waals surface area contributed by atoms with Crippen LogP contribution in [0.4, 0.5) is 5.69 Å². The Kier molecular flexibility index (Phi) is 6.58. The van der Waals surface area contributed by atoms with Crippen LogP contribution >= 0.6 is 0 Å². The summed E-state index contributed by atoms with van der Waals surface area (Å²) in [6, 6.07) is 12.2. The van der Waals surface area contributed by atoms with Crippen LogP contribution in [0.15, 0.2) is 48.2 Å². The van der Waals surface area contributed by atoms with Crippen molar-refractivity contribution in [1.29, 1.82) is 0 Å². The summed E-state index contributed by atoms with van der Waals surface area (Å²) in [4.78, 5) is 27.4. The first-order valence-corrected chi connectivity index (χ1v) is 9.27. The molecule has 0 radical (unpaired) electrons. The van der Waals surface area contributed by atoms with Crippen molar-refractivity contribution < 1.29 is 28.5 Å². The van der Waals surface area contributed by atoms with E-state index in [1.807, 2.05) is 0 Å². The number of methoxy groups -OCH3 is 4. The summed E-state index contributed by atoms with van der Waals surface area (Å²) in [5.41, 5.74) is 1.59. The average molecular weight is 412 g/mol. The molecule has 1 aliphatic heterocycles. The molecule has 0 aromatic heterocycles. The molecule has 0 atom stereocenters. The molecule has 8 heteroatoms. The molecule has 30 heavy (non-hydrogen) atoms. The lowest BCUT2D eigenvalue weighted by molar-refractivity contribution is -0.137. The predicted molar refractivity (Wildman–Crippen MR) is 112 cm³/mol. The predicted octanol–water partition coefficient (Wildman–Crippen LogP) is 2.55. The largest absolute Gasteiger partial charge is 0.497 e. The van der Waals surface area contributed by atoms with Crippen LogP contribution in [0.25, 0.3) is 5.57 Å². The second-order valence-electron chi connectivity index (χ2n) is 6.43. The summed E-state index contributed by atoms with van der Waals surface area (Å²) in [6.45, 7) is 0.386. The highest BCUT2D eigenvalue weighted by Crippen LogP contribution is 2.35. The lowest BCUT2D eigenvalue weighted by Crippen LogP contribution is -2.35. The summed E-state index contributed by atoms with van der Waals surface area (Å²) in [5.74, 6) is 0.775. The van der Waals surface area contributed by atoms with E-state index in [4.69, 9.17) is 18.9 Å². The first kappa shape index (κ1) is 21.2. The number of carbonyl (C=O) groups is 2. The van der Waals surface area contributed by atoms with E-state index in [1.54, 1.807) is 49.6 Å². The smallest absolute Gasteiger partial charge is 0.278 e. The Labute approximate surface area is 175 Å². The summed E-state index contributed by atoms with van der Waals surface area (Å²) in [7, 11) is 6.12. The number of carbonyl (C=O) groups excluding carboxylic acids is 2. The van der Waals surface area contributed by atoms with E-state index in [1.165, 1.54) is 21.3 Å². The molecule has 1 N–H and O–H groups in total. The number of hydrogen-bond acceptors (Lipinski definition) is 7. The number of rotatable bonds is 9. The first-order chi connectivity index (χ1) is 14.5. The molecular weight excluding hydrogens is 388 g/mol. The first-order valence-electron chi connectivity index (χ1n) is 9.27. The standard InChI is InChI=1S/C22H24N2O6/c1-27-11-10-24-21(25)19(14-8-9-17(29-3)18(12-14)30-4)20(22(24)26)23-15-6-5-7-16(13-15)28-2/h5-9,12-13,23H,10-11H2,1-4H3. The summed E-state index contributed by atoms with van der Waals surface area (Å²) in [5, 5.41) is 3.09. The van der Waals surface area contributed by atoms with Gasteiger partial charge < -0.3 is 24.3 Å². The second kappa shape index (κ2) is 9.32. The maximum atomic E-state index is 13.2. The van der Waals surface area contributed by atoms with Gasteiger partial charge in [-0.25, -0.2) is 0 Å². The molecule has 1 aliphatic rings. The molecule has 0 saturated carbocycles. The van der Waals surface area contributed by atoms with Gasteiger partial charge in [0.05, 0.1) is 40.1 Å². The van der Waals surface area contributed by atoms with Gasteiger partial charge in [0.1, 0.15) is 11.4 Å². The molecule has 2 amide bonds. The quantitative estimate of drug-likeness (QED) is 0.634. The van der Waals surface area contributed by atoms with Crippen LogP contribution in [0.5, 0.6) is 17.2 Å². The fraction of sp³-hybridized carbons (Fsp3) is 0.273. The number of nitrogens with one attached hydrogen (secondary N) is 1. The Morgan fingerprint density at radius 1 is 0.867 bits per heavy atom. The van der Waals surface area contributed by atoms with Gasteiger partial charge in [0.25, 0.3) is 11.8 Å². The molecule has 8 nitrogen and oxygen atoms in total. The molecule has 0 aliphatic carbocycles. The molecule has 0 saturated heterocycles. The van der Waals surface area contributed by atoms with E-state index < -0.39 is 11.8 Å². The summed E-state index contributed by atoms with van der Waals surface area (Å²) in [6.07, 6.45) is 0. The van der Waals surface area contributed by atoms with Crippen molar-refractivity contribution >= 4 is 23.1 Å². The Bertz CT molecular complexity index is 985. The van der Waals surface area contributed by atoms with Gasteiger partial charge in [0.15, 0.2) is 11.5 Å². The molecule has 3 rings (SSSR count). The fourth-order valence-electron chi connectivity index (χ4n) is 3.18. The Hall–Kier alpha value is -3.52. The fourth-order valence-corrected chi connectivity index (χ4v) is 3.18. The lowest BCUT2D eigenvalue weighted by atomic mass is 10.0. The van der Waals surface area contributed by atoms with Crippen molar-refractivity contribution in [3.8, 4) is 17.2 Å². The molecule has 1 heterocycles.